The van der Waals surface area contributed by atoms with Gasteiger partial charge in [0.05, 0.1) is 17.7 Å². The minimum Gasteiger partial charge on any atom is -0.388 e. The molecule has 0 amide bonds. The number of hydrogen-bond donors (Lipinski definition) is 1. The van der Waals surface area contributed by atoms with Crippen LogP contribution in [0.4, 0.5) is 0 Å². The number of rotatable bonds is 4. The zero-order chi connectivity index (χ0) is 12.0. The van der Waals surface area contributed by atoms with E-state index in [2.05, 4.69) is 6.07 Å². The van der Waals surface area contributed by atoms with E-state index in [4.69, 9.17) is 5.26 Å². The Labute approximate surface area is 101 Å². The van der Waals surface area contributed by atoms with E-state index in [1.54, 1.807) is 36.0 Å². The van der Waals surface area contributed by atoms with Gasteiger partial charge in [0, 0.05) is 0 Å². The van der Waals surface area contributed by atoms with Gasteiger partial charge in [0.1, 0.15) is 0 Å². The van der Waals surface area contributed by atoms with Gasteiger partial charge in [0.2, 0.25) is 0 Å². The van der Waals surface area contributed by atoms with E-state index in [0.717, 1.165) is 11.1 Å². The van der Waals surface area contributed by atoms with Crippen LogP contribution in [0.3, 0.4) is 0 Å². The first-order valence-corrected chi connectivity index (χ1v) is 6.32. The number of aliphatic hydroxyl groups is 1. The van der Waals surface area contributed by atoms with Gasteiger partial charge in [0.15, 0.2) is 0 Å². The first-order valence-electron chi connectivity index (χ1n) is 5.04. The third kappa shape index (κ3) is 3.73. The van der Waals surface area contributed by atoms with Crippen LogP contribution < -0.4 is 0 Å². The highest BCUT2D eigenvalue weighted by Gasteiger charge is 2.07. The van der Waals surface area contributed by atoms with Crippen LogP contribution in [0, 0.1) is 11.3 Å². The van der Waals surface area contributed by atoms with Gasteiger partial charge in [-0.3, -0.25) is 0 Å². The summed E-state index contributed by atoms with van der Waals surface area (Å²) in [6.45, 7) is 2.00. The van der Waals surface area contributed by atoms with Gasteiger partial charge in [-0.05, 0) is 42.7 Å². The lowest BCUT2D eigenvalue weighted by Gasteiger charge is -2.11. The molecule has 0 aromatic heterocycles. The molecule has 84 valence electrons. The number of thioether (sulfide) groups is 1. The highest BCUT2D eigenvalue weighted by atomic mass is 32.2. The minimum atomic E-state index is -0.490. The highest BCUT2D eigenvalue weighted by molar-refractivity contribution is 8.01. The van der Waals surface area contributed by atoms with Crippen LogP contribution in [0.2, 0.25) is 0 Å². The van der Waals surface area contributed by atoms with Crippen LogP contribution in [0.5, 0.6) is 0 Å². The summed E-state index contributed by atoms with van der Waals surface area (Å²) in [5, 5.41) is 20.6. The third-order valence-electron chi connectivity index (χ3n) is 2.26. The normalized spacial score (nSPS) is 13.2. The Morgan fingerprint density at radius 1 is 1.50 bits per heavy atom. The van der Waals surface area contributed by atoms with Crippen molar-refractivity contribution < 1.29 is 5.11 Å². The molecule has 0 aliphatic heterocycles. The maximum atomic E-state index is 9.95. The van der Waals surface area contributed by atoms with E-state index < -0.39 is 6.10 Å². The molecule has 0 fully saturated rings. The van der Waals surface area contributed by atoms with Crippen LogP contribution >= 0.6 is 11.8 Å². The van der Waals surface area contributed by atoms with Crippen LogP contribution in [-0.2, 0) is 0 Å². The number of hydrogen-bond acceptors (Lipinski definition) is 3. The second-order valence-corrected chi connectivity index (χ2v) is 4.36. The maximum Gasteiger partial charge on any atom is 0.0991 e. The van der Waals surface area contributed by atoms with Gasteiger partial charge in [-0.1, -0.05) is 17.7 Å². The minimum absolute atomic E-state index is 0.490. The van der Waals surface area contributed by atoms with Crippen molar-refractivity contribution in [3.05, 3.63) is 46.4 Å². The zero-order valence-electron chi connectivity index (χ0n) is 9.47. The van der Waals surface area contributed by atoms with Crippen molar-refractivity contribution in [1.82, 2.24) is 0 Å². The molecule has 0 saturated carbocycles. The van der Waals surface area contributed by atoms with Gasteiger partial charge >= 0.3 is 0 Å². The quantitative estimate of drug-likeness (QED) is 0.868. The van der Waals surface area contributed by atoms with Crippen molar-refractivity contribution in [3.8, 4) is 6.07 Å². The van der Waals surface area contributed by atoms with Crippen molar-refractivity contribution >= 4 is 11.8 Å². The van der Waals surface area contributed by atoms with Crippen molar-refractivity contribution in [2.45, 2.75) is 19.4 Å². The molecule has 0 aliphatic rings. The molecule has 1 N–H and O–H groups in total. The Kier molecular flexibility index (Phi) is 5.10. The fraction of sp³-hybridized carbons (Fsp3) is 0.308. The predicted molar refractivity (Wildman–Crippen MR) is 68.0 cm³/mol. The maximum absolute atomic E-state index is 9.95. The molecule has 2 nitrogen and oxygen atoms in total. The smallest absolute Gasteiger partial charge is 0.0991 e. The molecule has 1 aromatic rings. The Balaban J connectivity index is 2.70. The van der Waals surface area contributed by atoms with E-state index in [-0.39, 0.29) is 0 Å². The monoisotopic (exact) mass is 233 g/mol. The van der Waals surface area contributed by atoms with E-state index in [0.29, 0.717) is 12.0 Å². The molecular weight excluding hydrogens is 218 g/mol. The molecule has 0 saturated heterocycles. The standard InChI is InChI=1S/C13H15NOS/c1-10(9-16-2)7-13(15)12-5-3-11(8-14)4-6-12/h3-6,9,13,15H,7H2,1-2H3/b10-9+. The van der Waals surface area contributed by atoms with Gasteiger partial charge in [-0.2, -0.15) is 5.26 Å². The molecule has 1 rings (SSSR count). The topological polar surface area (TPSA) is 44.0 Å². The second-order valence-electron chi connectivity index (χ2n) is 3.65. The zero-order valence-corrected chi connectivity index (χ0v) is 10.3. The summed E-state index contributed by atoms with van der Waals surface area (Å²) in [4.78, 5) is 0. The lowest BCUT2D eigenvalue weighted by molar-refractivity contribution is 0.178. The van der Waals surface area contributed by atoms with Crippen LogP contribution in [0.15, 0.2) is 35.2 Å². The van der Waals surface area contributed by atoms with Crippen molar-refractivity contribution in [2.24, 2.45) is 0 Å². The summed E-state index contributed by atoms with van der Waals surface area (Å²) in [6, 6.07) is 9.12. The largest absolute Gasteiger partial charge is 0.388 e. The number of nitriles is 1. The summed E-state index contributed by atoms with van der Waals surface area (Å²) in [5.74, 6) is 0. The Bertz CT molecular complexity index is 403. The van der Waals surface area contributed by atoms with Gasteiger partial charge in [0.25, 0.3) is 0 Å². The Morgan fingerprint density at radius 2 is 2.12 bits per heavy atom. The van der Waals surface area contributed by atoms with E-state index in [1.807, 2.05) is 18.6 Å². The van der Waals surface area contributed by atoms with Gasteiger partial charge in [-0.25, -0.2) is 0 Å². The molecule has 0 spiro atoms. The second kappa shape index (κ2) is 6.37. The van der Waals surface area contributed by atoms with Crippen LogP contribution in [0.1, 0.15) is 30.6 Å². The summed E-state index contributed by atoms with van der Waals surface area (Å²) >= 11 is 1.64. The number of nitrogens with zero attached hydrogens (tertiary/aromatic N) is 1. The molecule has 0 bridgehead atoms. The van der Waals surface area contributed by atoms with Crippen molar-refractivity contribution in [3.63, 3.8) is 0 Å². The molecule has 1 atom stereocenters. The summed E-state index contributed by atoms with van der Waals surface area (Å²) in [5.41, 5.74) is 2.63. The SMILES string of the molecule is CS/C=C(\C)CC(O)c1ccc(C#N)cc1. The molecule has 0 aliphatic carbocycles. The molecule has 1 unspecified atom stereocenters. The molecule has 16 heavy (non-hydrogen) atoms. The summed E-state index contributed by atoms with van der Waals surface area (Å²) in [7, 11) is 0. The van der Waals surface area contributed by atoms with E-state index >= 15 is 0 Å². The first-order chi connectivity index (χ1) is 7.67. The molecule has 0 heterocycles. The van der Waals surface area contributed by atoms with Crippen molar-refractivity contribution in [1.29, 1.82) is 5.26 Å². The van der Waals surface area contributed by atoms with E-state index in [1.165, 1.54) is 0 Å². The highest BCUT2D eigenvalue weighted by Crippen LogP contribution is 2.22. The summed E-state index contributed by atoms with van der Waals surface area (Å²) < 4.78 is 0. The average molecular weight is 233 g/mol. The van der Waals surface area contributed by atoms with Gasteiger partial charge in [-0.15, -0.1) is 11.8 Å². The lowest BCUT2D eigenvalue weighted by atomic mass is 10.0. The molecule has 0 radical (unpaired) electrons. The summed E-state index contributed by atoms with van der Waals surface area (Å²) in [6.07, 6.45) is 2.14. The third-order valence-corrected chi connectivity index (χ3v) is 2.90. The first kappa shape index (κ1) is 12.8. The molecule has 1 aromatic carbocycles. The number of benzene rings is 1. The lowest BCUT2D eigenvalue weighted by Crippen LogP contribution is -1.97. The number of aliphatic hydroxyl groups excluding tert-OH is 1. The van der Waals surface area contributed by atoms with Crippen molar-refractivity contribution in [2.75, 3.05) is 6.26 Å². The predicted octanol–water partition coefficient (Wildman–Crippen LogP) is 3.25. The van der Waals surface area contributed by atoms with Gasteiger partial charge < -0.3 is 5.11 Å². The molecule has 3 heteroatoms. The fourth-order valence-electron chi connectivity index (χ4n) is 1.45. The van der Waals surface area contributed by atoms with E-state index in [9.17, 15) is 5.11 Å². The fourth-order valence-corrected chi connectivity index (χ4v) is 1.95. The average Bonchev–Trinajstić information content (AvgIpc) is 2.29. The van der Waals surface area contributed by atoms with Crippen LogP contribution in [-0.4, -0.2) is 11.4 Å². The molecular formula is C13H15NOS. The Morgan fingerprint density at radius 3 is 2.62 bits per heavy atom. The van der Waals surface area contributed by atoms with Crippen LogP contribution in [0.25, 0.3) is 0 Å². The Hall–Kier alpha value is -1.24.